The van der Waals surface area contributed by atoms with Gasteiger partial charge in [0.1, 0.15) is 17.4 Å². The van der Waals surface area contributed by atoms with Gasteiger partial charge in [0.05, 0.1) is 12.2 Å². The molecule has 5 heteroatoms. The minimum atomic E-state index is -0.710. The van der Waals surface area contributed by atoms with Crippen LogP contribution in [0, 0.1) is 11.3 Å². The molecule has 0 aliphatic rings. The molecular formula is C11H10ClNO3. The van der Waals surface area contributed by atoms with Crippen LogP contribution in [-0.2, 0) is 10.6 Å². The van der Waals surface area contributed by atoms with Crippen molar-refractivity contribution in [3.05, 3.63) is 28.8 Å². The first-order valence-electron chi connectivity index (χ1n) is 4.63. The van der Waals surface area contributed by atoms with Crippen molar-refractivity contribution in [3.8, 4) is 11.8 Å². The first-order valence-corrected chi connectivity index (χ1v) is 5.16. The van der Waals surface area contributed by atoms with E-state index in [1.807, 2.05) is 6.07 Å². The summed E-state index contributed by atoms with van der Waals surface area (Å²) in [6.07, 6.45) is 0. The molecule has 1 rings (SSSR count). The van der Waals surface area contributed by atoms with Crippen molar-refractivity contribution in [3.63, 3.8) is 0 Å². The number of rotatable bonds is 3. The van der Waals surface area contributed by atoms with Gasteiger partial charge in [-0.1, -0.05) is 0 Å². The van der Waals surface area contributed by atoms with Crippen LogP contribution in [0.15, 0.2) is 12.1 Å². The van der Waals surface area contributed by atoms with E-state index in [-0.39, 0.29) is 29.4 Å². The van der Waals surface area contributed by atoms with Crippen molar-refractivity contribution in [1.82, 2.24) is 0 Å². The van der Waals surface area contributed by atoms with E-state index in [0.29, 0.717) is 5.56 Å². The van der Waals surface area contributed by atoms with Gasteiger partial charge >= 0.3 is 5.97 Å². The summed E-state index contributed by atoms with van der Waals surface area (Å²) in [5.41, 5.74) is 0.524. The number of phenols is 1. The molecule has 0 spiro atoms. The van der Waals surface area contributed by atoms with Crippen molar-refractivity contribution in [2.75, 3.05) is 6.61 Å². The molecule has 0 unspecified atom stereocenters. The first-order chi connectivity index (χ1) is 7.63. The van der Waals surface area contributed by atoms with Crippen LogP contribution in [0.3, 0.4) is 0 Å². The number of esters is 1. The van der Waals surface area contributed by atoms with Gasteiger partial charge in [-0.3, -0.25) is 0 Å². The summed E-state index contributed by atoms with van der Waals surface area (Å²) >= 11 is 5.58. The second-order valence-corrected chi connectivity index (χ2v) is 3.27. The number of ether oxygens (including phenoxy) is 1. The Morgan fingerprint density at radius 2 is 2.31 bits per heavy atom. The van der Waals surface area contributed by atoms with E-state index in [1.165, 1.54) is 12.1 Å². The zero-order valence-electron chi connectivity index (χ0n) is 8.66. The molecule has 1 aromatic carbocycles. The Labute approximate surface area is 98.0 Å². The van der Waals surface area contributed by atoms with Crippen LogP contribution in [0.5, 0.6) is 5.75 Å². The SMILES string of the molecule is CCOC(=O)c1c(O)cc(CCl)cc1C#N. The van der Waals surface area contributed by atoms with E-state index < -0.39 is 5.97 Å². The van der Waals surface area contributed by atoms with Gasteiger partial charge in [-0.15, -0.1) is 11.6 Å². The molecule has 16 heavy (non-hydrogen) atoms. The van der Waals surface area contributed by atoms with E-state index >= 15 is 0 Å². The third kappa shape index (κ3) is 2.44. The van der Waals surface area contributed by atoms with Crippen LogP contribution >= 0.6 is 11.6 Å². The molecule has 0 atom stereocenters. The largest absolute Gasteiger partial charge is 0.507 e. The van der Waals surface area contributed by atoms with Gasteiger partial charge in [0.15, 0.2) is 0 Å². The first kappa shape index (κ1) is 12.3. The zero-order valence-corrected chi connectivity index (χ0v) is 9.41. The van der Waals surface area contributed by atoms with Gasteiger partial charge in [0, 0.05) is 5.88 Å². The van der Waals surface area contributed by atoms with Crippen LogP contribution in [0.4, 0.5) is 0 Å². The van der Waals surface area contributed by atoms with Crippen molar-refractivity contribution in [1.29, 1.82) is 5.26 Å². The number of carbonyl (C=O) groups excluding carboxylic acids is 1. The number of nitriles is 1. The van der Waals surface area contributed by atoms with Crippen molar-refractivity contribution in [2.24, 2.45) is 0 Å². The van der Waals surface area contributed by atoms with E-state index in [2.05, 4.69) is 0 Å². The maximum Gasteiger partial charge on any atom is 0.343 e. The Morgan fingerprint density at radius 1 is 1.62 bits per heavy atom. The average Bonchev–Trinajstić information content (AvgIpc) is 2.27. The predicted octanol–water partition coefficient (Wildman–Crippen LogP) is 2.18. The molecule has 0 fully saturated rings. The highest BCUT2D eigenvalue weighted by Crippen LogP contribution is 2.25. The third-order valence-corrected chi connectivity index (χ3v) is 2.24. The summed E-state index contributed by atoms with van der Waals surface area (Å²) in [5, 5.41) is 18.5. The van der Waals surface area contributed by atoms with E-state index in [0.717, 1.165) is 0 Å². The lowest BCUT2D eigenvalue weighted by atomic mass is 10.0. The van der Waals surface area contributed by atoms with Gasteiger partial charge in [-0.25, -0.2) is 4.79 Å². The molecule has 1 N–H and O–H groups in total. The highest BCUT2D eigenvalue weighted by molar-refractivity contribution is 6.17. The Kier molecular flexibility index (Phi) is 4.15. The van der Waals surface area contributed by atoms with Crippen LogP contribution in [-0.4, -0.2) is 17.7 Å². The molecule has 0 bridgehead atoms. The normalized spacial score (nSPS) is 9.56. The van der Waals surface area contributed by atoms with Crippen LogP contribution in [0.25, 0.3) is 0 Å². The second kappa shape index (κ2) is 5.38. The molecular weight excluding hydrogens is 230 g/mol. The van der Waals surface area contributed by atoms with Gasteiger partial charge in [-0.05, 0) is 24.6 Å². The summed E-state index contributed by atoms with van der Waals surface area (Å²) in [7, 11) is 0. The number of halogens is 1. The van der Waals surface area contributed by atoms with Crippen LogP contribution in [0.2, 0.25) is 0 Å². The maximum absolute atomic E-state index is 11.5. The molecule has 0 aromatic heterocycles. The fraction of sp³-hybridized carbons (Fsp3) is 0.273. The summed E-state index contributed by atoms with van der Waals surface area (Å²) < 4.78 is 4.74. The molecule has 0 saturated heterocycles. The molecule has 0 aliphatic heterocycles. The summed E-state index contributed by atoms with van der Waals surface area (Å²) in [5.74, 6) is -0.837. The predicted molar refractivity (Wildman–Crippen MR) is 58.3 cm³/mol. The molecule has 0 heterocycles. The van der Waals surface area contributed by atoms with Crippen molar-refractivity contribution >= 4 is 17.6 Å². The standard InChI is InChI=1S/C11H10ClNO3/c1-2-16-11(15)10-8(6-13)3-7(5-12)4-9(10)14/h3-4,14H,2,5H2,1H3. The van der Waals surface area contributed by atoms with Crippen molar-refractivity contribution in [2.45, 2.75) is 12.8 Å². The smallest absolute Gasteiger partial charge is 0.343 e. The minimum Gasteiger partial charge on any atom is -0.507 e. The molecule has 0 saturated carbocycles. The summed E-state index contributed by atoms with van der Waals surface area (Å²) in [6, 6.07) is 4.64. The van der Waals surface area contributed by atoms with Gasteiger partial charge < -0.3 is 9.84 Å². The lowest BCUT2D eigenvalue weighted by molar-refractivity contribution is 0.0522. The number of aromatic hydroxyl groups is 1. The van der Waals surface area contributed by atoms with Gasteiger partial charge in [-0.2, -0.15) is 5.26 Å². The number of hydrogen-bond acceptors (Lipinski definition) is 4. The molecule has 4 nitrogen and oxygen atoms in total. The molecule has 0 amide bonds. The van der Waals surface area contributed by atoms with Crippen LogP contribution < -0.4 is 0 Å². The van der Waals surface area contributed by atoms with Gasteiger partial charge in [0.25, 0.3) is 0 Å². The van der Waals surface area contributed by atoms with Crippen molar-refractivity contribution < 1.29 is 14.6 Å². The Hall–Kier alpha value is -1.73. The monoisotopic (exact) mass is 239 g/mol. The van der Waals surface area contributed by atoms with E-state index in [1.54, 1.807) is 6.92 Å². The second-order valence-electron chi connectivity index (χ2n) is 3.00. The number of carbonyl (C=O) groups is 1. The zero-order chi connectivity index (χ0) is 12.1. The van der Waals surface area contributed by atoms with Gasteiger partial charge in [0.2, 0.25) is 0 Å². The van der Waals surface area contributed by atoms with E-state index in [9.17, 15) is 9.90 Å². The molecule has 84 valence electrons. The molecule has 1 aromatic rings. The highest BCUT2D eigenvalue weighted by Gasteiger charge is 2.18. The fourth-order valence-corrected chi connectivity index (χ4v) is 1.42. The number of alkyl halides is 1. The molecule has 0 aliphatic carbocycles. The third-order valence-electron chi connectivity index (χ3n) is 1.93. The quantitative estimate of drug-likeness (QED) is 0.648. The number of nitrogens with zero attached hydrogens (tertiary/aromatic N) is 1. The summed E-state index contributed by atoms with van der Waals surface area (Å²) in [4.78, 5) is 11.5. The average molecular weight is 240 g/mol. The Balaban J connectivity index is 3.28. The Morgan fingerprint density at radius 3 is 2.81 bits per heavy atom. The topological polar surface area (TPSA) is 70.3 Å². The number of benzene rings is 1. The minimum absolute atomic E-state index is 0.0640. The maximum atomic E-state index is 11.5. The highest BCUT2D eigenvalue weighted by atomic mass is 35.5. The Bertz CT molecular complexity index is 451. The lowest BCUT2D eigenvalue weighted by Crippen LogP contribution is -2.07. The molecule has 0 radical (unpaired) electrons. The van der Waals surface area contributed by atoms with E-state index in [4.69, 9.17) is 21.6 Å². The number of phenolic OH excluding ortho intramolecular Hbond substituents is 1. The summed E-state index contributed by atoms with van der Waals surface area (Å²) in [6.45, 7) is 1.83. The lowest BCUT2D eigenvalue weighted by Gasteiger charge is -2.07. The van der Waals surface area contributed by atoms with Crippen LogP contribution in [0.1, 0.15) is 28.4 Å². The fourth-order valence-electron chi connectivity index (χ4n) is 1.27. The number of hydrogen-bond donors (Lipinski definition) is 1.